The Labute approximate surface area is 173 Å². The number of hydrogen-bond donors (Lipinski definition) is 2. The lowest BCUT2D eigenvalue weighted by Gasteiger charge is -2.28. The summed E-state index contributed by atoms with van der Waals surface area (Å²) in [4.78, 5) is 26.2. The van der Waals surface area contributed by atoms with Gasteiger partial charge in [0.05, 0.1) is 11.1 Å². The average Bonchev–Trinajstić information content (AvgIpc) is 3.43. The average molecular weight is 432 g/mol. The summed E-state index contributed by atoms with van der Waals surface area (Å²) in [6.45, 7) is 12.9. The molecule has 2 aliphatic carbocycles. The van der Waals surface area contributed by atoms with Crippen molar-refractivity contribution >= 4 is 22.3 Å². The molecule has 0 radical (unpaired) electrons. The van der Waals surface area contributed by atoms with Crippen LogP contribution in [0.15, 0.2) is 12.3 Å². The minimum absolute atomic E-state index is 0.161. The maximum atomic E-state index is 12.6. The van der Waals surface area contributed by atoms with E-state index in [0.29, 0.717) is 38.6 Å². The summed E-state index contributed by atoms with van der Waals surface area (Å²) in [5.74, 6) is -0.405. The largest absolute Gasteiger partial charge is 0.444 e. The molecule has 0 aromatic rings. The normalized spacial score (nSPS) is 19.1. The maximum absolute atomic E-state index is 12.6. The van der Waals surface area contributed by atoms with Crippen LogP contribution in [0.25, 0.3) is 0 Å². The van der Waals surface area contributed by atoms with Crippen molar-refractivity contribution in [2.24, 2.45) is 0 Å². The van der Waals surface area contributed by atoms with Crippen LogP contribution in [0, 0.1) is 0 Å². The summed E-state index contributed by atoms with van der Waals surface area (Å²) < 4.78 is 37.1. The zero-order valence-corrected chi connectivity index (χ0v) is 18.8. The lowest BCUT2D eigenvalue weighted by molar-refractivity contribution is -0.123. The molecule has 9 nitrogen and oxygen atoms in total. The number of carbonyl (C=O) groups excluding carboxylic acids is 2. The van der Waals surface area contributed by atoms with Crippen LogP contribution >= 0.6 is 0 Å². The number of ether oxygens (including phenoxy) is 1. The molecule has 29 heavy (non-hydrogen) atoms. The second-order valence-electron chi connectivity index (χ2n) is 9.10. The molecule has 0 saturated heterocycles. The first-order valence-electron chi connectivity index (χ1n) is 9.91. The molecule has 0 heterocycles. The van der Waals surface area contributed by atoms with E-state index < -0.39 is 39.0 Å². The highest BCUT2D eigenvalue weighted by molar-refractivity contribution is 7.84. The van der Waals surface area contributed by atoms with Gasteiger partial charge >= 0.3 is 16.4 Å². The molecule has 0 aliphatic heterocycles. The van der Waals surface area contributed by atoms with Gasteiger partial charge in [-0.2, -0.15) is 8.42 Å². The summed E-state index contributed by atoms with van der Waals surface area (Å²) in [5.41, 5.74) is -2.01. The standard InChI is InChI=1S/C19H33N3O6S/c1-7-12-22(16(24)27-17(3,4)5)13-15(23)20-19(10-11-19)14(2)21-29(25,26)28-18(6)8-9-18/h21H,2,7-13H2,1,3-6H3,(H,20,23). The van der Waals surface area contributed by atoms with Gasteiger partial charge < -0.3 is 10.1 Å². The number of nitrogens with one attached hydrogen (secondary N) is 2. The molecule has 166 valence electrons. The molecule has 2 saturated carbocycles. The number of rotatable bonds is 10. The van der Waals surface area contributed by atoms with Gasteiger partial charge in [0.2, 0.25) is 5.91 Å². The number of nitrogens with zero attached hydrogens (tertiary/aromatic N) is 1. The fraction of sp³-hybridized carbons (Fsp3) is 0.789. The third-order valence-corrected chi connectivity index (χ3v) is 5.82. The molecule has 2 amide bonds. The van der Waals surface area contributed by atoms with Crippen molar-refractivity contribution in [3.8, 4) is 0 Å². The zero-order chi connectivity index (χ0) is 22.1. The van der Waals surface area contributed by atoms with E-state index in [2.05, 4.69) is 16.6 Å². The van der Waals surface area contributed by atoms with Crippen LogP contribution in [0.3, 0.4) is 0 Å². The van der Waals surface area contributed by atoms with Crippen LogP contribution in [-0.4, -0.2) is 55.1 Å². The van der Waals surface area contributed by atoms with Crippen LogP contribution in [0.5, 0.6) is 0 Å². The molecule has 2 N–H and O–H groups in total. The van der Waals surface area contributed by atoms with E-state index in [1.165, 1.54) is 4.90 Å². The molecule has 0 spiro atoms. The summed E-state index contributed by atoms with van der Waals surface area (Å²) >= 11 is 0. The molecule has 2 rings (SSSR count). The van der Waals surface area contributed by atoms with Crippen molar-refractivity contribution in [3.63, 3.8) is 0 Å². The second kappa shape index (κ2) is 8.14. The van der Waals surface area contributed by atoms with Gasteiger partial charge in [0.15, 0.2) is 0 Å². The van der Waals surface area contributed by atoms with Crippen molar-refractivity contribution in [1.82, 2.24) is 14.9 Å². The first-order chi connectivity index (χ1) is 13.2. The summed E-state index contributed by atoms with van der Waals surface area (Å²) in [6, 6.07) is 0. The molecular formula is C19H33N3O6S. The maximum Gasteiger partial charge on any atom is 0.410 e. The Morgan fingerprint density at radius 3 is 2.21 bits per heavy atom. The Bertz CT molecular complexity index is 763. The Balaban J connectivity index is 1.93. The van der Waals surface area contributed by atoms with Crippen molar-refractivity contribution in [3.05, 3.63) is 12.3 Å². The van der Waals surface area contributed by atoms with E-state index in [9.17, 15) is 18.0 Å². The SMILES string of the molecule is C=C(NS(=O)(=O)OC1(C)CC1)C1(NC(=O)CN(CCC)C(=O)OC(C)(C)C)CC1. The third kappa shape index (κ3) is 7.18. The van der Waals surface area contributed by atoms with Gasteiger partial charge in [0, 0.05) is 12.2 Å². The van der Waals surface area contributed by atoms with E-state index in [0.717, 1.165) is 0 Å². The predicted molar refractivity (Wildman–Crippen MR) is 108 cm³/mol. The Kier molecular flexibility index (Phi) is 6.59. The van der Waals surface area contributed by atoms with Gasteiger partial charge in [-0.05, 0) is 59.8 Å². The Morgan fingerprint density at radius 1 is 1.17 bits per heavy atom. The molecule has 2 fully saturated rings. The minimum atomic E-state index is -4.01. The van der Waals surface area contributed by atoms with Gasteiger partial charge in [0.1, 0.15) is 12.1 Å². The van der Waals surface area contributed by atoms with E-state index >= 15 is 0 Å². The smallest absolute Gasteiger partial charge is 0.410 e. The van der Waals surface area contributed by atoms with Crippen molar-refractivity contribution in [1.29, 1.82) is 0 Å². The molecule has 0 aromatic heterocycles. The minimum Gasteiger partial charge on any atom is -0.444 e. The van der Waals surface area contributed by atoms with Crippen LogP contribution in [0.1, 0.15) is 66.7 Å². The number of carbonyl (C=O) groups is 2. The zero-order valence-electron chi connectivity index (χ0n) is 18.0. The third-order valence-electron chi connectivity index (χ3n) is 4.70. The van der Waals surface area contributed by atoms with Gasteiger partial charge in [-0.3, -0.25) is 14.4 Å². The summed E-state index contributed by atoms with van der Waals surface area (Å²) in [7, 11) is -4.01. The van der Waals surface area contributed by atoms with Crippen molar-refractivity contribution < 1.29 is 26.9 Å². The van der Waals surface area contributed by atoms with Crippen molar-refractivity contribution in [2.45, 2.75) is 83.5 Å². The topological polar surface area (TPSA) is 114 Å². The van der Waals surface area contributed by atoms with Crippen LogP contribution in [-0.2, 0) is 24.0 Å². The van der Waals surface area contributed by atoms with E-state index in [4.69, 9.17) is 8.92 Å². The number of amides is 2. The number of hydrogen-bond acceptors (Lipinski definition) is 6. The molecule has 0 atom stereocenters. The lowest BCUT2D eigenvalue weighted by Crippen LogP contribution is -2.49. The van der Waals surface area contributed by atoms with Crippen LogP contribution in [0.4, 0.5) is 4.79 Å². The van der Waals surface area contributed by atoms with Gasteiger partial charge in [-0.15, -0.1) is 0 Å². The van der Waals surface area contributed by atoms with Crippen molar-refractivity contribution in [2.75, 3.05) is 13.1 Å². The van der Waals surface area contributed by atoms with Crippen LogP contribution in [0.2, 0.25) is 0 Å². The molecular weight excluding hydrogens is 398 g/mol. The fourth-order valence-electron chi connectivity index (χ4n) is 2.73. The highest BCUT2D eigenvalue weighted by Gasteiger charge is 2.49. The van der Waals surface area contributed by atoms with E-state index in [1.807, 2.05) is 6.92 Å². The first kappa shape index (κ1) is 23.5. The first-order valence-corrected chi connectivity index (χ1v) is 11.3. The highest BCUT2D eigenvalue weighted by atomic mass is 32.2. The Hall–Kier alpha value is -1.81. The quantitative estimate of drug-likeness (QED) is 0.548. The van der Waals surface area contributed by atoms with Gasteiger partial charge in [-0.25, -0.2) is 8.98 Å². The second-order valence-corrected chi connectivity index (χ2v) is 10.4. The molecule has 0 aromatic carbocycles. The molecule has 0 bridgehead atoms. The monoisotopic (exact) mass is 431 g/mol. The van der Waals surface area contributed by atoms with E-state index in [1.54, 1.807) is 27.7 Å². The fourth-order valence-corrected chi connectivity index (χ4v) is 3.97. The molecule has 10 heteroatoms. The summed E-state index contributed by atoms with van der Waals surface area (Å²) in [6.07, 6.45) is 2.57. The predicted octanol–water partition coefficient (Wildman–Crippen LogP) is 2.20. The van der Waals surface area contributed by atoms with Crippen LogP contribution < -0.4 is 10.0 Å². The van der Waals surface area contributed by atoms with E-state index in [-0.39, 0.29) is 12.2 Å². The molecule has 2 aliphatic rings. The lowest BCUT2D eigenvalue weighted by atomic mass is 10.2. The molecule has 0 unspecified atom stereocenters. The van der Waals surface area contributed by atoms with Gasteiger partial charge in [0.25, 0.3) is 0 Å². The Morgan fingerprint density at radius 2 is 1.76 bits per heavy atom. The summed E-state index contributed by atoms with van der Waals surface area (Å²) in [5, 5.41) is 2.80. The van der Waals surface area contributed by atoms with Gasteiger partial charge in [-0.1, -0.05) is 13.5 Å². The highest BCUT2D eigenvalue weighted by Crippen LogP contribution is 2.42.